The number of aliphatic carboxylic acids is 1. The number of hydrogen-bond donors (Lipinski definition) is 4. The Kier molecular flexibility index (Phi) is 21.1. The second kappa shape index (κ2) is 21.6. The van der Waals surface area contributed by atoms with Gasteiger partial charge in [-0.2, -0.15) is 0 Å². The second-order valence-electron chi connectivity index (χ2n) is 7.80. The van der Waals surface area contributed by atoms with E-state index < -0.39 is 5.97 Å². The third-order valence-electron chi connectivity index (χ3n) is 5.01. The molecule has 0 amide bonds. The van der Waals surface area contributed by atoms with Gasteiger partial charge < -0.3 is 21.1 Å². The first-order chi connectivity index (χ1) is 13.2. The third kappa shape index (κ3) is 23.3. The summed E-state index contributed by atoms with van der Waals surface area (Å²) in [5.74, 6) is -0.807. The first-order valence-electron chi connectivity index (χ1n) is 11.6. The molecule has 0 aromatic heterocycles. The molecule has 0 aromatic rings. The highest BCUT2D eigenvalue weighted by atomic mass is 16.4. The van der Waals surface area contributed by atoms with Crippen LogP contribution < -0.4 is 16.0 Å². The van der Waals surface area contributed by atoms with Crippen molar-refractivity contribution in [3.63, 3.8) is 0 Å². The maximum absolute atomic E-state index is 10.4. The van der Waals surface area contributed by atoms with Gasteiger partial charge in [0.25, 0.3) is 0 Å². The van der Waals surface area contributed by atoms with Crippen LogP contribution in [0.5, 0.6) is 0 Å². The maximum atomic E-state index is 10.4. The molecule has 0 aliphatic heterocycles. The lowest BCUT2D eigenvalue weighted by atomic mass is 10.0. The molecule has 0 aromatic carbocycles. The van der Waals surface area contributed by atoms with Gasteiger partial charge in [0.05, 0.1) is 12.7 Å². The minimum Gasteiger partial charge on any atom is -0.480 e. The lowest BCUT2D eigenvalue weighted by molar-refractivity contribution is -0.135. The largest absolute Gasteiger partial charge is 0.480 e. The fourth-order valence-electron chi connectivity index (χ4n) is 3.28. The van der Waals surface area contributed by atoms with Gasteiger partial charge in [0.1, 0.15) is 0 Å². The second-order valence-corrected chi connectivity index (χ2v) is 7.80. The molecule has 5 heteroatoms. The fourth-order valence-corrected chi connectivity index (χ4v) is 3.28. The molecule has 0 aliphatic carbocycles. The van der Waals surface area contributed by atoms with Crippen molar-refractivity contribution in [3.8, 4) is 0 Å². The number of carbonyl (C=O) groups is 1. The summed E-state index contributed by atoms with van der Waals surface area (Å²) in [4.78, 5) is 10.4. The Morgan fingerprint density at radius 3 is 1.63 bits per heavy atom. The number of nitrogens with one attached hydrogen (secondary N) is 3. The van der Waals surface area contributed by atoms with Gasteiger partial charge in [-0.05, 0) is 19.9 Å². The van der Waals surface area contributed by atoms with Crippen molar-refractivity contribution in [2.45, 2.75) is 110 Å². The van der Waals surface area contributed by atoms with Gasteiger partial charge in [0.15, 0.2) is 0 Å². The van der Waals surface area contributed by atoms with E-state index >= 15 is 0 Å². The molecule has 4 N–H and O–H groups in total. The highest BCUT2D eigenvalue weighted by molar-refractivity contribution is 5.68. The van der Waals surface area contributed by atoms with Gasteiger partial charge in [-0.25, -0.2) is 0 Å². The van der Waals surface area contributed by atoms with Crippen molar-refractivity contribution in [1.82, 2.24) is 16.0 Å². The van der Waals surface area contributed by atoms with Crippen LogP contribution in [0.4, 0.5) is 0 Å². The topological polar surface area (TPSA) is 73.4 Å². The molecule has 162 valence electrons. The van der Waals surface area contributed by atoms with E-state index in [0.29, 0.717) is 6.54 Å². The minimum absolute atomic E-state index is 0.0303. The maximum Gasteiger partial charge on any atom is 0.317 e. The molecule has 1 atom stereocenters. The minimum atomic E-state index is -0.807. The normalized spacial score (nSPS) is 12.4. The van der Waals surface area contributed by atoms with Gasteiger partial charge in [-0.1, -0.05) is 90.4 Å². The third-order valence-corrected chi connectivity index (χ3v) is 5.01. The van der Waals surface area contributed by atoms with Crippen molar-refractivity contribution < 1.29 is 9.90 Å². The highest BCUT2D eigenvalue weighted by Gasteiger charge is 2.00. The van der Waals surface area contributed by atoms with Crippen molar-refractivity contribution in [3.05, 3.63) is 0 Å². The van der Waals surface area contributed by atoms with Crippen LogP contribution in [0.25, 0.3) is 0 Å². The molecule has 5 nitrogen and oxygen atoms in total. The molecule has 0 saturated heterocycles. The van der Waals surface area contributed by atoms with Gasteiger partial charge in [0.2, 0.25) is 0 Å². The fraction of sp³-hybridized carbons (Fsp3) is 0.955. The van der Waals surface area contributed by atoms with Crippen molar-refractivity contribution >= 4 is 5.97 Å². The molecule has 0 rings (SSSR count). The van der Waals surface area contributed by atoms with Crippen LogP contribution in [0.2, 0.25) is 0 Å². The van der Waals surface area contributed by atoms with Crippen LogP contribution >= 0.6 is 0 Å². The van der Waals surface area contributed by atoms with Crippen LogP contribution in [0.1, 0.15) is 104 Å². The standard InChI is InChI=1S/C22H47N3O2/c1-3-4-5-6-7-8-9-10-11-12-13-14-15-16-17-24-21(2)25-19-18-23-20-22(26)27/h21,23-25H,3-20H2,1-2H3,(H,26,27). The lowest BCUT2D eigenvalue weighted by Crippen LogP contribution is -2.43. The van der Waals surface area contributed by atoms with E-state index in [9.17, 15) is 4.79 Å². The zero-order valence-corrected chi connectivity index (χ0v) is 18.2. The van der Waals surface area contributed by atoms with E-state index in [2.05, 4.69) is 29.8 Å². The van der Waals surface area contributed by atoms with Crippen molar-refractivity contribution in [2.24, 2.45) is 0 Å². The van der Waals surface area contributed by atoms with E-state index in [4.69, 9.17) is 5.11 Å². The van der Waals surface area contributed by atoms with Crippen LogP contribution in [0.15, 0.2) is 0 Å². The molecule has 0 radical (unpaired) electrons. The molecule has 27 heavy (non-hydrogen) atoms. The summed E-state index contributed by atoms with van der Waals surface area (Å²) in [7, 11) is 0. The zero-order valence-electron chi connectivity index (χ0n) is 18.2. The van der Waals surface area contributed by atoms with Gasteiger partial charge in [-0.15, -0.1) is 0 Å². The first-order valence-corrected chi connectivity index (χ1v) is 11.6. The Labute approximate surface area is 168 Å². The van der Waals surface area contributed by atoms with Crippen LogP contribution in [-0.4, -0.2) is 43.4 Å². The smallest absolute Gasteiger partial charge is 0.317 e. The van der Waals surface area contributed by atoms with Gasteiger partial charge >= 0.3 is 5.97 Å². The van der Waals surface area contributed by atoms with Crippen LogP contribution in [0, 0.1) is 0 Å². The first kappa shape index (κ1) is 26.4. The lowest BCUT2D eigenvalue weighted by Gasteiger charge is -2.15. The Morgan fingerprint density at radius 2 is 1.15 bits per heavy atom. The predicted molar refractivity (Wildman–Crippen MR) is 116 cm³/mol. The molecule has 0 spiro atoms. The summed E-state index contributed by atoms with van der Waals surface area (Å²) < 4.78 is 0. The predicted octanol–water partition coefficient (Wildman–Crippen LogP) is 4.67. The molecule has 0 aliphatic rings. The number of carboxylic acids is 1. The summed E-state index contributed by atoms with van der Waals surface area (Å²) in [6, 6.07) is 0. The molecule has 1 unspecified atom stereocenters. The van der Waals surface area contributed by atoms with Crippen molar-refractivity contribution in [1.29, 1.82) is 0 Å². The van der Waals surface area contributed by atoms with Crippen LogP contribution in [0.3, 0.4) is 0 Å². The van der Waals surface area contributed by atoms with Gasteiger partial charge in [-0.3, -0.25) is 4.79 Å². The van der Waals surface area contributed by atoms with E-state index in [-0.39, 0.29) is 12.7 Å². The van der Waals surface area contributed by atoms with E-state index in [1.54, 1.807) is 0 Å². The molecule has 0 bridgehead atoms. The summed E-state index contributed by atoms with van der Waals surface area (Å²) in [5, 5.41) is 18.2. The molecule has 0 saturated carbocycles. The Balaban J connectivity index is 3.12. The SMILES string of the molecule is CCCCCCCCCCCCCCCCNC(C)NCCNCC(=O)O. The summed E-state index contributed by atoms with van der Waals surface area (Å²) in [5.41, 5.74) is 0. The molecular formula is C22H47N3O2. The Bertz CT molecular complexity index is 314. The number of rotatable bonds is 22. The van der Waals surface area contributed by atoms with Gasteiger partial charge in [0, 0.05) is 13.1 Å². The van der Waals surface area contributed by atoms with Crippen LogP contribution in [-0.2, 0) is 4.79 Å². The molecular weight excluding hydrogens is 338 g/mol. The Morgan fingerprint density at radius 1 is 0.704 bits per heavy atom. The van der Waals surface area contributed by atoms with E-state index in [0.717, 1.165) is 13.1 Å². The summed E-state index contributed by atoms with van der Waals surface area (Å²) in [6.45, 7) is 6.93. The average Bonchev–Trinajstić information content (AvgIpc) is 2.64. The summed E-state index contributed by atoms with van der Waals surface area (Å²) in [6.07, 6.45) is 19.8. The van der Waals surface area contributed by atoms with E-state index in [1.165, 1.54) is 89.9 Å². The average molecular weight is 386 g/mol. The number of hydrogen-bond acceptors (Lipinski definition) is 4. The Hall–Kier alpha value is -0.650. The van der Waals surface area contributed by atoms with Crippen molar-refractivity contribution in [2.75, 3.05) is 26.2 Å². The summed E-state index contributed by atoms with van der Waals surface area (Å²) >= 11 is 0. The molecule has 0 fully saturated rings. The zero-order chi connectivity index (χ0) is 20.0. The number of unbranched alkanes of at least 4 members (excludes halogenated alkanes) is 13. The highest BCUT2D eigenvalue weighted by Crippen LogP contribution is 2.12. The molecule has 0 heterocycles. The number of carboxylic acid groups (broad SMARTS) is 1. The van der Waals surface area contributed by atoms with E-state index in [1.807, 2.05) is 0 Å². The quantitative estimate of drug-likeness (QED) is 0.161. The monoisotopic (exact) mass is 385 g/mol.